The molecule has 0 spiro atoms. The van der Waals surface area contributed by atoms with Crippen molar-refractivity contribution in [3.8, 4) is 11.8 Å². The van der Waals surface area contributed by atoms with Gasteiger partial charge in [-0.3, -0.25) is 9.59 Å². The number of nitriles is 1. The van der Waals surface area contributed by atoms with Crippen LogP contribution in [0.5, 0.6) is 5.75 Å². The van der Waals surface area contributed by atoms with E-state index in [0.717, 1.165) is 5.56 Å². The van der Waals surface area contributed by atoms with Gasteiger partial charge in [0.15, 0.2) is 6.61 Å². The van der Waals surface area contributed by atoms with Crippen LogP contribution in [-0.4, -0.2) is 37.5 Å². The maximum absolute atomic E-state index is 12.4. The van der Waals surface area contributed by atoms with Crippen molar-refractivity contribution in [1.82, 2.24) is 5.32 Å². The van der Waals surface area contributed by atoms with Gasteiger partial charge in [-0.15, -0.1) is 11.3 Å². The maximum atomic E-state index is 12.4. The first kappa shape index (κ1) is 23.6. The first-order valence-corrected chi connectivity index (χ1v) is 10.3. The second-order valence-corrected chi connectivity index (χ2v) is 7.68. The van der Waals surface area contributed by atoms with E-state index in [1.807, 2.05) is 6.07 Å². The third-order valence-corrected chi connectivity index (χ3v) is 4.98. The zero-order valence-electron chi connectivity index (χ0n) is 17.4. The summed E-state index contributed by atoms with van der Waals surface area (Å²) in [5, 5.41) is 16.1. The Morgan fingerprint density at radius 2 is 1.90 bits per heavy atom. The number of rotatable bonds is 9. The van der Waals surface area contributed by atoms with Crippen LogP contribution < -0.4 is 15.4 Å². The zero-order valence-corrected chi connectivity index (χ0v) is 18.2. The fourth-order valence-electron chi connectivity index (χ4n) is 2.47. The van der Waals surface area contributed by atoms with E-state index in [9.17, 15) is 14.4 Å². The largest absolute Gasteiger partial charge is 0.497 e. The number of esters is 1. The normalized spacial score (nSPS) is 11.6. The Bertz CT molecular complexity index is 989. The number of anilines is 1. The van der Waals surface area contributed by atoms with Crippen LogP contribution in [0.25, 0.3) is 6.08 Å². The topological polar surface area (TPSA) is 118 Å². The SMILES string of the molecule is COc1ccc(C=CC(=O)NC(C(=O)OCC(=O)Nc2sccc2C#N)C(C)C)cc1. The molecule has 162 valence electrons. The molecule has 0 saturated heterocycles. The van der Waals surface area contributed by atoms with E-state index in [1.165, 1.54) is 17.4 Å². The Morgan fingerprint density at radius 3 is 2.52 bits per heavy atom. The monoisotopic (exact) mass is 441 g/mol. The van der Waals surface area contributed by atoms with E-state index >= 15 is 0 Å². The summed E-state index contributed by atoms with van der Waals surface area (Å²) < 4.78 is 10.1. The third-order valence-electron chi connectivity index (χ3n) is 4.15. The second kappa shape index (κ2) is 11.5. The molecule has 0 bridgehead atoms. The van der Waals surface area contributed by atoms with Crippen molar-refractivity contribution < 1.29 is 23.9 Å². The molecule has 1 aromatic heterocycles. The van der Waals surface area contributed by atoms with Gasteiger partial charge in [0.25, 0.3) is 5.91 Å². The van der Waals surface area contributed by atoms with Gasteiger partial charge in [-0.25, -0.2) is 4.79 Å². The fourth-order valence-corrected chi connectivity index (χ4v) is 3.22. The molecule has 0 radical (unpaired) electrons. The van der Waals surface area contributed by atoms with Crippen molar-refractivity contribution in [2.75, 3.05) is 19.0 Å². The minimum absolute atomic E-state index is 0.253. The highest BCUT2D eigenvalue weighted by molar-refractivity contribution is 7.14. The van der Waals surface area contributed by atoms with E-state index in [4.69, 9.17) is 14.7 Å². The van der Waals surface area contributed by atoms with E-state index in [1.54, 1.807) is 62.7 Å². The Kier molecular flexibility index (Phi) is 8.78. The molecule has 1 atom stereocenters. The van der Waals surface area contributed by atoms with Gasteiger partial charge >= 0.3 is 5.97 Å². The predicted molar refractivity (Wildman–Crippen MR) is 117 cm³/mol. The maximum Gasteiger partial charge on any atom is 0.329 e. The number of carbonyl (C=O) groups excluding carboxylic acids is 3. The summed E-state index contributed by atoms with van der Waals surface area (Å²) in [6.45, 7) is 2.98. The van der Waals surface area contributed by atoms with E-state index in [0.29, 0.717) is 16.3 Å². The molecular formula is C22H23N3O5S. The van der Waals surface area contributed by atoms with E-state index in [-0.39, 0.29) is 5.92 Å². The standard InChI is InChI=1S/C22H23N3O5S/c1-14(2)20(24-18(26)9-6-15-4-7-17(29-3)8-5-15)22(28)30-13-19(27)25-21-16(12-23)10-11-31-21/h4-11,14,20H,13H2,1-3H3,(H,24,26)(H,25,27). The van der Waals surface area contributed by atoms with Crippen LogP contribution in [0.4, 0.5) is 5.00 Å². The number of methoxy groups -OCH3 is 1. The summed E-state index contributed by atoms with van der Waals surface area (Å²) in [6.07, 6.45) is 2.93. The lowest BCUT2D eigenvalue weighted by Gasteiger charge is -2.20. The van der Waals surface area contributed by atoms with Gasteiger partial charge < -0.3 is 20.1 Å². The molecule has 0 saturated carbocycles. The molecule has 1 heterocycles. The molecule has 9 heteroatoms. The Hall–Kier alpha value is -3.64. The Morgan fingerprint density at radius 1 is 1.19 bits per heavy atom. The lowest BCUT2D eigenvalue weighted by Crippen LogP contribution is -2.45. The van der Waals surface area contributed by atoms with Crippen LogP contribution >= 0.6 is 11.3 Å². The minimum Gasteiger partial charge on any atom is -0.497 e. The first-order chi connectivity index (χ1) is 14.8. The van der Waals surface area contributed by atoms with Gasteiger partial charge in [-0.1, -0.05) is 26.0 Å². The van der Waals surface area contributed by atoms with Crippen LogP contribution in [-0.2, 0) is 19.1 Å². The molecule has 8 nitrogen and oxygen atoms in total. The third kappa shape index (κ3) is 7.28. The van der Waals surface area contributed by atoms with Gasteiger partial charge in [0.2, 0.25) is 5.91 Å². The van der Waals surface area contributed by atoms with Crippen LogP contribution in [0.1, 0.15) is 25.0 Å². The number of thiophene rings is 1. The molecule has 2 amide bonds. The van der Waals surface area contributed by atoms with Crippen LogP contribution in [0.15, 0.2) is 41.8 Å². The van der Waals surface area contributed by atoms with Crippen molar-refractivity contribution >= 4 is 40.2 Å². The highest BCUT2D eigenvalue weighted by Gasteiger charge is 2.25. The van der Waals surface area contributed by atoms with Gasteiger partial charge in [0.05, 0.1) is 12.7 Å². The van der Waals surface area contributed by atoms with Crippen LogP contribution in [0.3, 0.4) is 0 Å². The average molecular weight is 442 g/mol. The van der Waals surface area contributed by atoms with Gasteiger partial charge in [0, 0.05) is 6.08 Å². The second-order valence-electron chi connectivity index (χ2n) is 6.77. The van der Waals surface area contributed by atoms with Crippen molar-refractivity contribution in [2.24, 2.45) is 5.92 Å². The predicted octanol–water partition coefficient (Wildman–Crippen LogP) is 2.96. The molecule has 0 aliphatic carbocycles. The number of nitrogens with zero attached hydrogens (tertiary/aromatic N) is 1. The highest BCUT2D eigenvalue weighted by atomic mass is 32.1. The number of carbonyl (C=O) groups is 3. The summed E-state index contributed by atoms with van der Waals surface area (Å²) in [5.74, 6) is -1.30. The highest BCUT2D eigenvalue weighted by Crippen LogP contribution is 2.21. The van der Waals surface area contributed by atoms with Crippen molar-refractivity contribution in [1.29, 1.82) is 5.26 Å². The Balaban J connectivity index is 1.89. The van der Waals surface area contributed by atoms with Crippen LogP contribution in [0.2, 0.25) is 0 Å². The molecule has 2 rings (SSSR count). The number of nitrogens with one attached hydrogen (secondary N) is 2. The Labute approximate surface area is 184 Å². The molecule has 1 aromatic carbocycles. The molecule has 2 N–H and O–H groups in total. The van der Waals surface area contributed by atoms with Crippen molar-refractivity contribution in [3.05, 3.63) is 52.9 Å². The lowest BCUT2D eigenvalue weighted by atomic mass is 10.0. The molecule has 1 unspecified atom stereocenters. The number of amides is 2. The summed E-state index contributed by atoms with van der Waals surface area (Å²) in [7, 11) is 1.57. The number of hydrogen-bond acceptors (Lipinski definition) is 7. The van der Waals surface area contributed by atoms with Crippen LogP contribution in [0, 0.1) is 17.2 Å². The van der Waals surface area contributed by atoms with Gasteiger partial charge in [-0.05, 0) is 41.1 Å². The smallest absolute Gasteiger partial charge is 0.329 e. The van der Waals surface area contributed by atoms with Gasteiger partial charge in [0.1, 0.15) is 22.9 Å². The van der Waals surface area contributed by atoms with Crippen molar-refractivity contribution in [2.45, 2.75) is 19.9 Å². The van der Waals surface area contributed by atoms with E-state index in [2.05, 4.69) is 10.6 Å². The summed E-state index contributed by atoms with van der Waals surface area (Å²) in [4.78, 5) is 36.6. The quantitative estimate of drug-likeness (QED) is 0.456. The van der Waals surface area contributed by atoms with E-state index < -0.39 is 30.4 Å². The number of benzene rings is 1. The zero-order chi connectivity index (χ0) is 22.8. The first-order valence-electron chi connectivity index (χ1n) is 9.40. The molecular weight excluding hydrogens is 418 g/mol. The number of ether oxygens (including phenoxy) is 2. The number of hydrogen-bond donors (Lipinski definition) is 2. The fraction of sp³-hybridized carbons (Fsp3) is 0.273. The minimum atomic E-state index is -0.919. The summed E-state index contributed by atoms with van der Waals surface area (Å²) in [6, 6.07) is 9.74. The molecule has 31 heavy (non-hydrogen) atoms. The van der Waals surface area contributed by atoms with Crippen molar-refractivity contribution in [3.63, 3.8) is 0 Å². The molecule has 2 aromatic rings. The van der Waals surface area contributed by atoms with Gasteiger partial charge in [-0.2, -0.15) is 5.26 Å². The summed E-state index contributed by atoms with van der Waals surface area (Å²) >= 11 is 1.20. The lowest BCUT2D eigenvalue weighted by molar-refractivity contribution is -0.151. The molecule has 0 aliphatic rings. The average Bonchev–Trinajstić information content (AvgIpc) is 3.21. The molecule has 0 aliphatic heterocycles. The summed E-state index contributed by atoms with van der Waals surface area (Å²) in [5.41, 5.74) is 1.13. The molecule has 0 fully saturated rings.